The molecule has 4 rings (SSSR count). The van der Waals surface area contributed by atoms with E-state index in [1.807, 2.05) is 30.1 Å². The fourth-order valence-corrected chi connectivity index (χ4v) is 4.71. The van der Waals surface area contributed by atoms with Crippen LogP contribution in [0.3, 0.4) is 0 Å². The summed E-state index contributed by atoms with van der Waals surface area (Å²) in [6.07, 6.45) is 14.3. The van der Waals surface area contributed by atoms with Crippen molar-refractivity contribution >= 4 is 22.6 Å². The van der Waals surface area contributed by atoms with Crippen LogP contribution in [0.5, 0.6) is 0 Å². The minimum atomic E-state index is -0.0175. The topological polar surface area (TPSA) is 75.9 Å². The molecule has 1 aliphatic carbocycles. The molecule has 3 aromatic rings. The molecule has 1 saturated carbocycles. The van der Waals surface area contributed by atoms with E-state index in [1.54, 1.807) is 23.5 Å². The van der Waals surface area contributed by atoms with Gasteiger partial charge in [0.1, 0.15) is 0 Å². The number of aromatic nitrogens is 4. The van der Waals surface area contributed by atoms with Gasteiger partial charge in [0.05, 0.1) is 22.8 Å². The zero-order chi connectivity index (χ0) is 22.5. The first-order chi connectivity index (χ1) is 15.6. The first-order valence-electron chi connectivity index (χ1n) is 11.8. The lowest BCUT2D eigenvalue weighted by atomic mass is 9.84. The summed E-state index contributed by atoms with van der Waals surface area (Å²) in [6.45, 7) is 5.67. The number of hydrogen-bond donors (Lipinski definition) is 1. The van der Waals surface area contributed by atoms with Gasteiger partial charge in [0.25, 0.3) is 5.91 Å². The van der Waals surface area contributed by atoms with Crippen LogP contribution in [-0.2, 0) is 13.0 Å². The Kier molecular flexibility index (Phi) is 7.02. The second kappa shape index (κ2) is 10.1. The van der Waals surface area contributed by atoms with E-state index in [9.17, 15) is 4.79 Å². The van der Waals surface area contributed by atoms with Crippen molar-refractivity contribution in [2.24, 2.45) is 5.92 Å². The van der Waals surface area contributed by atoms with Crippen LogP contribution in [-0.4, -0.2) is 50.2 Å². The average Bonchev–Trinajstić information content (AvgIpc) is 3.27. The van der Waals surface area contributed by atoms with E-state index in [2.05, 4.69) is 34.2 Å². The van der Waals surface area contributed by atoms with E-state index in [1.165, 1.54) is 37.7 Å². The molecule has 1 amide bonds. The second-order valence-corrected chi connectivity index (χ2v) is 8.91. The minimum Gasteiger partial charge on any atom is -0.381 e. The molecule has 1 aliphatic rings. The monoisotopic (exact) mass is 434 g/mol. The number of hydrogen-bond acceptors (Lipinski definition) is 5. The van der Waals surface area contributed by atoms with Crippen molar-refractivity contribution < 1.29 is 4.79 Å². The summed E-state index contributed by atoms with van der Waals surface area (Å²) in [4.78, 5) is 23.9. The van der Waals surface area contributed by atoms with Crippen LogP contribution >= 0.6 is 0 Å². The Balaban J connectivity index is 1.60. The fraction of sp³-hybridized carbons (Fsp3) is 0.520. The number of likely N-dealkylation sites (N-methyl/N-ethyl adjacent to an activating group) is 1. The highest BCUT2D eigenvalue weighted by Crippen LogP contribution is 2.32. The van der Waals surface area contributed by atoms with Crippen LogP contribution < -0.4 is 5.32 Å². The molecule has 0 radical (unpaired) electrons. The largest absolute Gasteiger partial charge is 0.381 e. The molecule has 3 heterocycles. The zero-order valence-corrected chi connectivity index (χ0v) is 19.4. The van der Waals surface area contributed by atoms with Crippen molar-refractivity contribution in [2.75, 3.05) is 18.9 Å². The summed E-state index contributed by atoms with van der Waals surface area (Å²) in [6, 6.07) is 4.27. The van der Waals surface area contributed by atoms with E-state index in [0.29, 0.717) is 24.1 Å². The minimum absolute atomic E-state index is 0.0175. The van der Waals surface area contributed by atoms with Gasteiger partial charge in [-0.15, -0.1) is 0 Å². The van der Waals surface area contributed by atoms with E-state index >= 15 is 0 Å². The predicted molar refractivity (Wildman–Crippen MR) is 128 cm³/mol. The Bertz CT molecular complexity index is 1040. The molecule has 1 fully saturated rings. The third-order valence-electron chi connectivity index (χ3n) is 6.76. The molecule has 1 atom stereocenters. The van der Waals surface area contributed by atoms with Gasteiger partial charge in [0.2, 0.25) is 0 Å². The number of rotatable bonds is 8. The quantitative estimate of drug-likeness (QED) is 0.563. The number of amides is 1. The molecule has 32 heavy (non-hydrogen) atoms. The van der Waals surface area contributed by atoms with Gasteiger partial charge in [-0.1, -0.05) is 19.3 Å². The maximum Gasteiger partial charge on any atom is 0.257 e. The van der Waals surface area contributed by atoms with Crippen LogP contribution in [0, 0.1) is 5.92 Å². The van der Waals surface area contributed by atoms with Gasteiger partial charge >= 0.3 is 0 Å². The van der Waals surface area contributed by atoms with E-state index in [4.69, 9.17) is 0 Å². The highest BCUT2D eigenvalue weighted by atomic mass is 16.2. The standard InChI is InChI=1S/C25H34N6O/c1-4-31-24-21(17-28-31)23(29-18(2)20-8-6-5-7-9-20)22(16-27-24)25(32)30(3)15-12-19-10-13-26-14-11-19/h10-11,13-14,16-18,20H,4-9,12,15H2,1-3H3,(H,27,29)/t18-/m1/s1. The maximum atomic E-state index is 13.5. The fourth-order valence-electron chi connectivity index (χ4n) is 4.71. The van der Waals surface area contributed by atoms with Gasteiger partial charge in [-0.05, 0) is 56.7 Å². The van der Waals surface area contributed by atoms with Crippen LogP contribution in [0.4, 0.5) is 5.69 Å². The summed E-state index contributed by atoms with van der Waals surface area (Å²) < 4.78 is 1.88. The number of nitrogens with one attached hydrogen (secondary N) is 1. The number of carbonyl (C=O) groups is 1. The molecule has 0 aromatic carbocycles. The SMILES string of the molecule is CCn1ncc2c(N[C@H](C)C3CCCCC3)c(C(=O)N(C)CCc3ccncc3)cnc21. The van der Waals surface area contributed by atoms with Gasteiger partial charge in [-0.2, -0.15) is 5.10 Å². The number of aryl methyl sites for hydroxylation is 1. The van der Waals surface area contributed by atoms with Crippen LogP contribution in [0.15, 0.2) is 36.9 Å². The number of nitrogens with zero attached hydrogens (tertiary/aromatic N) is 5. The molecule has 1 N–H and O–H groups in total. The molecule has 3 aromatic heterocycles. The molecule has 0 spiro atoms. The Morgan fingerprint density at radius 3 is 2.69 bits per heavy atom. The molecule has 0 saturated heterocycles. The highest BCUT2D eigenvalue weighted by molar-refractivity contribution is 6.06. The molecule has 0 aliphatic heterocycles. The molecular formula is C25H34N6O. The van der Waals surface area contributed by atoms with Crippen molar-refractivity contribution in [1.29, 1.82) is 0 Å². The van der Waals surface area contributed by atoms with Crippen molar-refractivity contribution in [2.45, 2.75) is 65.0 Å². The molecule has 7 nitrogen and oxygen atoms in total. The smallest absolute Gasteiger partial charge is 0.257 e. The lowest BCUT2D eigenvalue weighted by Gasteiger charge is -2.30. The first-order valence-corrected chi connectivity index (χ1v) is 11.8. The summed E-state index contributed by atoms with van der Waals surface area (Å²) in [5.41, 5.74) is 3.48. The van der Waals surface area contributed by atoms with E-state index in [-0.39, 0.29) is 5.91 Å². The average molecular weight is 435 g/mol. The maximum absolute atomic E-state index is 13.5. The molecule has 7 heteroatoms. The summed E-state index contributed by atoms with van der Waals surface area (Å²) >= 11 is 0. The van der Waals surface area contributed by atoms with Crippen LogP contribution in [0.1, 0.15) is 61.9 Å². The Morgan fingerprint density at radius 2 is 1.97 bits per heavy atom. The molecule has 0 unspecified atom stereocenters. The Hall–Kier alpha value is -2.96. The zero-order valence-electron chi connectivity index (χ0n) is 19.4. The lowest BCUT2D eigenvalue weighted by Crippen LogP contribution is -2.32. The van der Waals surface area contributed by atoms with Crippen LogP contribution in [0.25, 0.3) is 11.0 Å². The summed E-state index contributed by atoms with van der Waals surface area (Å²) in [5.74, 6) is 0.608. The van der Waals surface area contributed by atoms with Crippen molar-refractivity contribution in [3.05, 3.63) is 48.0 Å². The van der Waals surface area contributed by atoms with Gasteiger partial charge in [-0.3, -0.25) is 9.78 Å². The van der Waals surface area contributed by atoms with Gasteiger partial charge in [0.15, 0.2) is 5.65 Å². The van der Waals surface area contributed by atoms with Gasteiger partial charge in [-0.25, -0.2) is 9.67 Å². The highest BCUT2D eigenvalue weighted by Gasteiger charge is 2.25. The van der Waals surface area contributed by atoms with E-state index in [0.717, 1.165) is 29.7 Å². The number of anilines is 1. The second-order valence-electron chi connectivity index (χ2n) is 8.91. The lowest BCUT2D eigenvalue weighted by molar-refractivity contribution is 0.0797. The number of fused-ring (bicyclic) bond motifs is 1. The number of pyridine rings is 2. The van der Waals surface area contributed by atoms with Crippen molar-refractivity contribution in [1.82, 2.24) is 24.6 Å². The molecule has 0 bridgehead atoms. The van der Waals surface area contributed by atoms with Gasteiger partial charge in [0, 0.05) is 44.8 Å². The van der Waals surface area contributed by atoms with E-state index < -0.39 is 0 Å². The van der Waals surface area contributed by atoms with Gasteiger partial charge < -0.3 is 10.2 Å². The summed E-state index contributed by atoms with van der Waals surface area (Å²) in [7, 11) is 1.86. The third-order valence-corrected chi connectivity index (χ3v) is 6.76. The predicted octanol–water partition coefficient (Wildman–Crippen LogP) is 4.54. The Morgan fingerprint density at radius 1 is 1.22 bits per heavy atom. The Labute approximate surface area is 190 Å². The van der Waals surface area contributed by atoms with Crippen molar-refractivity contribution in [3.63, 3.8) is 0 Å². The molecule has 170 valence electrons. The number of carbonyl (C=O) groups excluding carboxylic acids is 1. The normalized spacial score (nSPS) is 15.6. The van der Waals surface area contributed by atoms with Crippen molar-refractivity contribution in [3.8, 4) is 0 Å². The third kappa shape index (κ3) is 4.76. The van der Waals surface area contributed by atoms with Crippen LogP contribution in [0.2, 0.25) is 0 Å². The molecular weight excluding hydrogens is 400 g/mol. The summed E-state index contributed by atoms with van der Waals surface area (Å²) in [5, 5.41) is 9.14. The first kappa shape index (κ1) is 22.2.